The molecule has 0 aromatic heterocycles. The van der Waals surface area contributed by atoms with Crippen molar-refractivity contribution in [2.24, 2.45) is 0 Å². The van der Waals surface area contributed by atoms with Crippen molar-refractivity contribution in [3.63, 3.8) is 0 Å². The van der Waals surface area contributed by atoms with E-state index in [-0.39, 0.29) is 0 Å². The lowest BCUT2D eigenvalue weighted by atomic mass is 10.0. The van der Waals surface area contributed by atoms with Gasteiger partial charge in [-0.15, -0.1) is 0 Å². The molecule has 0 atom stereocenters. The first kappa shape index (κ1) is 20.3. The van der Waals surface area contributed by atoms with Crippen molar-refractivity contribution >= 4 is 46.5 Å². The second-order valence-electron chi connectivity index (χ2n) is 6.26. The average molecular weight is 429 g/mol. The van der Waals surface area contributed by atoms with Crippen LogP contribution in [0.5, 0.6) is 5.75 Å². The van der Waals surface area contributed by atoms with E-state index < -0.39 is 0 Å². The maximum Gasteiger partial charge on any atom is 0.157 e. The molecule has 2 nitrogen and oxygen atoms in total. The van der Waals surface area contributed by atoms with Crippen molar-refractivity contribution in [1.82, 2.24) is 0 Å². The number of rotatable bonds is 5. The number of benzene rings is 3. The highest BCUT2D eigenvalue weighted by Gasteiger charge is 2.11. The number of nitrogens with zero attached hydrogens (tertiary/aromatic N) is 1. The van der Waals surface area contributed by atoms with Crippen LogP contribution in [0.15, 0.2) is 60.7 Å². The SMILES string of the molecule is Cc1ccc(/C(C#N)=C\c2cc(Cl)c(OCc3ccc(Cl)cc3)c(Cl)c2)cc1. The highest BCUT2D eigenvalue weighted by Crippen LogP contribution is 2.36. The molecule has 0 bridgehead atoms. The molecule has 0 heterocycles. The summed E-state index contributed by atoms with van der Waals surface area (Å²) in [7, 11) is 0. The van der Waals surface area contributed by atoms with Crippen molar-refractivity contribution in [2.45, 2.75) is 13.5 Å². The number of hydrogen-bond donors (Lipinski definition) is 0. The minimum Gasteiger partial charge on any atom is -0.486 e. The zero-order chi connectivity index (χ0) is 20.1. The first-order chi connectivity index (χ1) is 13.5. The molecule has 0 aliphatic rings. The Kier molecular flexibility index (Phi) is 6.65. The minimum absolute atomic E-state index is 0.318. The lowest BCUT2D eigenvalue weighted by Gasteiger charge is -2.11. The summed E-state index contributed by atoms with van der Waals surface area (Å²) in [6.45, 7) is 2.32. The fourth-order valence-electron chi connectivity index (χ4n) is 2.62. The van der Waals surface area contributed by atoms with E-state index in [0.29, 0.717) is 33.0 Å². The molecule has 5 heteroatoms. The van der Waals surface area contributed by atoms with Crippen LogP contribution in [0.4, 0.5) is 0 Å². The van der Waals surface area contributed by atoms with Crippen molar-refractivity contribution in [3.8, 4) is 11.8 Å². The van der Waals surface area contributed by atoms with Crippen LogP contribution in [-0.2, 0) is 6.61 Å². The highest BCUT2D eigenvalue weighted by molar-refractivity contribution is 6.37. The van der Waals surface area contributed by atoms with Gasteiger partial charge >= 0.3 is 0 Å². The third-order valence-corrected chi connectivity index (χ3v) is 4.92. The molecular formula is C23H16Cl3NO. The van der Waals surface area contributed by atoms with Crippen LogP contribution in [0.3, 0.4) is 0 Å². The third kappa shape index (κ3) is 5.09. The molecular weight excluding hydrogens is 413 g/mol. The van der Waals surface area contributed by atoms with Crippen molar-refractivity contribution in [1.29, 1.82) is 5.26 Å². The van der Waals surface area contributed by atoms with Gasteiger partial charge in [0, 0.05) is 5.02 Å². The first-order valence-corrected chi connectivity index (χ1v) is 9.65. The van der Waals surface area contributed by atoms with Crippen LogP contribution in [-0.4, -0.2) is 0 Å². The maximum absolute atomic E-state index is 9.51. The molecule has 0 N–H and O–H groups in total. The molecule has 0 unspecified atom stereocenters. The molecule has 3 aromatic rings. The van der Waals surface area contributed by atoms with Crippen LogP contribution in [0, 0.1) is 18.3 Å². The van der Waals surface area contributed by atoms with Crippen LogP contribution in [0.2, 0.25) is 15.1 Å². The molecule has 0 spiro atoms. The summed E-state index contributed by atoms with van der Waals surface area (Å²) < 4.78 is 5.78. The van der Waals surface area contributed by atoms with E-state index in [2.05, 4.69) is 6.07 Å². The Bertz CT molecular complexity index is 1030. The predicted octanol–water partition coefficient (Wildman–Crippen LogP) is 7.60. The van der Waals surface area contributed by atoms with Gasteiger partial charge in [0.05, 0.1) is 21.7 Å². The Morgan fingerprint density at radius 2 is 1.57 bits per heavy atom. The second-order valence-corrected chi connectivity index (χ2v) is 7.52. The molecule has 140 valence electrons. The fraction of sp³-hybridized carbons (Fsp3) is 0.0870. The summed E-state index contributed by atoms with van der Waals surface area (Å²) in [6, 6.07) is 20.8. The maximum atomic E-state index is 9.51. The van der Waals surface area contributed by atoms with E-state index >= 15 is 0 Å². The van der Waals surface area contributed by atoms with Gasteiger partial charge in [0.2, 0.25) is 0 Å². The first-order valence-electron chi connectivity index (χ1n) is 8.51. The molecule has 0 saturated heterocycles. The molecule has 0 aliphatic carbocycles. The quantitative estimate of drug-likeness (QED) is 0.309. The van der Waals surface area contributed by atoms with Gasteiger partial charge in [-0.1, -0.05) is 76.8 Å². The lowest BCUT2D eigenvalue weighted by Crippen LogP contribution is -1.97. The third-order valence-electron chi connectivity index (χ3n) is 4.11. The van der Waals surface area contributed by atoms with Crippen LogP contribution >= 0.6 is 34.8 Å². The summed E-state index contributed by atoms with van der Waals surface area (Å²) in [5.41, 5.74) is 4.18. The minimum atomic E-state index is 0.318. The lowest BCUT2D eigenvalue weighted by molar-refractivity contribution is 0.306. The zero-order valence-corrected chi connectivity index (χ0v) is 17.3. The van der Waals surface area contributed by atoms with Gasteiger partial charge in [0.15, 0.2) is 5.75 Å². The molecule has 0 fully saturated rings. The average Bonchev–Trinajstić information content (AvgIpc) is 2.67. The summed E-state index contributed by atoms with van der Waals surface area (Å²) in [4.78, 5) is 0. The number of aryl methyl sites for hydroxylation is 1. The number of ether oxygens (including phenoxy) is 1. The zero-order valence-electron chi connectivity index (χ0n) is 15.0. The summed E-state index contributed by atoms with van der Waals surface area (Å²) in [5, 5.41) is 10.9. The topological polar surface area (TPSA) is 33.0 Å². The van der Waals surface area contributed by atoms with E-state index in [0.717, 1.165) is 22.3 Å². The van der Waals surface area contributed by atoms with E-state index in [1.54, 1.807) is 30.3 Å². The molecule has 3 rings (SSSR count). The van der Waals surface area contributed by atoms with Gasteiger partial charge in [-0.3, -0.25) is 0 Å². The standard InChI is InChI=1S/C23H16Cl3NO/c1-15-2-6-18(7-3-15)19(13-27)10-17-11-21(25)23(22(26)12-17)28-14-16-4-8-20(24)9-5-16/h2-12H,14H2,1H3/b19-10-. The van der Waals surface area contributed by atoms with E-state index in [9.17, 15) is 5.26 Å². The number of halogens is 3. The van der Waals surface area contributed by atoms with Gasteiger partial charge < -0.3 is 4.74 Å². The van der Waals surface area contributed by atoms with Crippen LogP contribution in [0.1, 0.15) is 22.3 Å². The van der Waals surface area contributed by atoms with Gasteiger partial charge in [-0.2, -0.15) is 5.26 Å². The van der Waals surface area contributed by atoms with Crippen molar-refractivity contribution < 1.29 is 4.74 Å². The molecule has 0 radical (unpaired) electrons. The van der Waals surface area contributed by atoms with Gasteiger partial charge in [0.1, 0.15) is 6.61 Å². The molecule has 3 aromatic carbocycles. The van der Waals surface area contributed by atoms with Crippen LogP contribution < -0.4 is 4.74 Å². The number of allylic oxidation sites excluding steroid dienone is 1. The van der Waals surface area contributed by atoms with Gasteiger partial charge in [0.25, 0.3) is 0 Å². The number of nitriles is 1. The Labute approximate surface area is 179 Å². The van der Waals surface area contributed by atoms with Crippen molar-refractivity contribution in [2.75, 3.05) is 0 Å². The number of hydrogen-bond acceptors (Lipinski definition) is 2. The molecule has 0 amide bonds. The van der Waals surface area contributed by atoms with Gasteiger partial charge in [-0.05, 0) is 54.0 Å². The van der Waals surface area contributed by atoms with Gasteiger partial charge in [-0.25, -0.2) is 0 Å². The fourth-order valence-corrected chi connectivity index (χ4v) is 3.36. The Morgan fingerprint density at radius 1 is 0.964 bits per heavy atom. The van der Waals surface area contributed by atoms with Crippen LogP contribution in [0.25, 0.3) is 11.6 Å². The predicted molar refractivity (Wildman–Crippen MR) is 117 cm³/mol. The molecule has 0 saturated carbocycles. The van der Waals surface area contributed by atoms with E-state index in [4.69, 9.17) is 39.5 Å². The Morgan fingerprint density at radius 3 is 2.14 bits per heavy atom. The smallest absolute Gasteiger partial charge is 0.157 e. The van der Waals surface area contributed by atoms with E-state index in [1.807, 2.05) is 43.3 Å². The Hall–Kier alpha value is -2.44. The monoisotopic (exact) mass is 427 g/mol. The summed E-state index contributed by atoms with van der Waals surface area (Å²) in [6.07, 6.45) is 1.76. The summed E-state index contributed by atoms with van der Waals surface area (Å²) >= 11 is 18.6. The second kappa shape index (κ2) is 9.17. The molecule has 28 heavy (non-hydrogen) atoms. The van der Waals surface area contributed by atoms with E-state index in [1.165, 1.54) is 0 Å². The molecule has 0 aliphatic heterocycles. The normalized spacial score (nSPS) is 11.2. The summed E-state index contributed by atoms with van der Waals surface area (Å²) in [5.74, 6) is 0.407. The Balaban J connectivity index is 1.83. The largest absolute Gasteiger partial charge is 0.486 e. The van der Waals surface area contributed by atoms with Crippen molar-refractivity contribution in [3.05, 3.63) is 98.0 Å². The highest BCUT2D eigenvalue weighted by atomic mass is 35.5.